The summed E-state index contributed by atoms with van der Waals surface area (Å²) in [6.45, 7) is 2.38. The van der Waals surface area contributed by atoms with Crippen LogP contribution in [0.15, 0.2) is 55.0 Å². The topological polar surface area (TPSA) is 190 Å². The van der Waals surface area contributed by atoms with Crippen LogP contribution < -0.4 is 5.32 Å². The van der Waals surface area contributed by atoms with Gasteiger partial charge in [0.1, 0.15) is 5.69 Å². The van der Waals surface area contributed by atoms with Crippen molar-refractivity contribution in [3.8, 4) is 11.1 Å². The summed E-state index contributed by atoms with van der Waals surface area (Å²) in [7, 11) is -3.19. The number of carbonyl (C=O) groups excluding carboxylic acids is 1. The monoisotopic (exact) mass is 577 g/mol. The van der Waals surface area contributed by atoms with Gasteiger partial charge in [-0.05, 0) is 35.9 Å². The first-order valence-corrected chi connectivity index (χ1v) is 14.4. The molecular formula is C26H27N9O5S. The lowest BCUT2D eigenvalue weighted by Gasteiger charge is -2.32. The number of piperazine rings is 1. The lowest BCUT2D eigenvalue weighted by atomic mass is 10.0. The number of carbonyl (C=O) groups is 2. The zero-order valence-electron chi connectivity index (χ0n) is 22.0. The number of aromatic amines is 2. The van der Waals surface area contributed by atoms with Crippen LogP contribution in [-0.4, -0.2) is 97.9 Å². The fourth-order valence-electron chi connectivity index (χ4n) is 4.64. The maximum atomic E-state index is 13.2. The zero-order chi connectivity index (χ0) is 29.0. The van der Waals surface area contributed by atoms with Crippen LogP contribution in [0.1, 0.15) is 16.2 Å². The van der Waals surface area contributed by atoms with Gasteiger partial charge in [-0.25, -0.2) is 18.4 Å². The number of anilines is 1. The van der Waals surface area contributed by atoms with Crippen molar-refractivity contribution in [2.24, 2.45) is 0 Å². The van der Waals surface area contributed by atoms with Gasteiger partial charge in [0.2, 0.25) is 10.0 Å². The van der Waals surface area contributed by atoms with Gasteiger partial charge in [0.25, 0.3) is 12.4 Å². The van der Waals surface area contributed by atoms with E-state index in [1.165, 1.54) is 10.6 Å². The third-order valence-corrected chi connectivity index (χ3v) is 7.96. The molecule has 15 heteroatoms. The number of rotatable bonds is 6. The highest BCUT2D eigenvalue weighted by atomic mass is 32.2. The van der Waals surface area contributed by atoms with E-state index in [4.69, 9.17) is 9.90 Å². The SMILES string of the molecule is CS(=O)(=O)N1CCN(Cc2cccc(C(=O)Nc3cc(-c4cnc5[nH]ncc5c4)cc4[nH]ncc34)n2)CC1.O=CO. The first-order chi connectivity index (χ1) is 19.7. The lowest BCUT2D eigenvalue weighted by Crippen LogP contribution is -2.47. The van der Waals surface area contributed by atoms with Crippen molar-refractivity contribution in [1.82, 2.24) is 39.6 Å². The summed E-state index contributed by atoms with van der Waals surface area (Å²) < 4.78 is 25.0. The molecule has 6 rings (SSSR count). The van der Waals surface area contributed by atoms with E-state index in [9.17, 15) is 13.2 Å². The smallest absolute Gasteiger partial charge is 0.290 e. The standard InChI is InChI=1S/C25H25N9O3S.CH2O2/c1-38(36,37)34-7-5-33(6-8-34)15-19-3-2-4-21(29-19)25(35)30-22-10-16(11-23-20(22)14-28-31-23)17-9-18-13-27-32-24(18)26-12-17;2-1-3/h2-4,9-14H,5-8,15H2,1H3,(H,28,31)(H,30,35)(H,26,27,32);1H,(H,2,3). The number of nitrogens with zero attached hydrogens (tertiary/aromatic N) is 6. The molecule has 5 heterocycles. The molecule has 0 radical (unpaired) electrons. The Morgan fingerprint density at radius 2 is 1.80 bits per heavy atom. The molecule has 5 aromatic rings. The molecule has 0 unspecified atom stereocenters. The molecule has 212 valence electrons. The van der Waals surface area contributed by atoms with Crippen molar-refractivity contribution in [2.75, 3.05) is 37.8 Å². The highest BCUT2D eigenvalue weighted by Crippen LogP contribution is 2.31. The van der Waals surface area contributed by atoms with E-state index in [1.807, 2.05) is 24.3 Å². The number of benzene rings is 1. The average Bonchev–Trinajstić information content (AvgIpc) is 3.63. The fraction of sp³-hybridized carbons (Fsp3) is 0.231. The molecule has 0 atom stereocenters. The number of amides is 1. The number of pyridine rings is 2. The van der Waals surface area contributed by atoms with Crippen LogP contribution in [0, 0.1) is 0 Å². The van der Waals surface area contributed by atoms with Crippen LogP contribution >= 0.6 is 0 Å². The average molecular weight is 578 g/mol. The molecule has 0 saturated carbocycles. The second-order valence-corrected chi connectivity index (χ2v) is 11.4. The Kier molecular flexibility index (Phi) is 8.00. The second-order valence-electron chi connectivity index (χ2n) is 9.40. The molecule has 0 aliphatic carbocycles. The number of carboxylic acid groups (broad SMARTS) is 1. The Balaban J connectivity index is 0.00000108. The third kappa shape index (κ3) is 6.37. The van der Waals surface area contributed by atoms with Gasteiger partial charge in [0, 0.05) is 55.3 Å². The summed E-state index contributed by atoms with van der Waals surface area (Å²) in [6, 6.07) is 11.2. The van der Waals surface area contributed by atoms with Crippen molar-refractivity contribution < 1.29 is 23.1 Å². The normalized spacial score (nSPS) is 14.5. The first kappa shape index (κ1) is 27.8. The van der Waals surface area contributed by atoms with Gasteiger partial charge >= 0.3 is 0 Å². The van der Waals surface area contributed by atoms with E-state index in [2.05, 4.69) is 40.6 Å². The molecule has 1 aromatic carbocycles. The second kappa shape index (κ2) is 11.8. The van der Waals surface area contributed by atoms with Crippen molar-refractivity contribution in [2.45, 2.75) is 6.54 Å². The number of sulfonamides is 1. The van der Waals surface area contributed by atoms with Crippen LogP contribution in [0.2, 0.25) is 0 Å². The quantitative estimate of drug-likeness (QED) is 0.217. The molecule has 41 heavy (non-hydrogen) atoms. The molecule has 4 N–H and O–H groups in total. The number of fused-ring (bicyclic) bond motifs is 2. The number of nitrogens with one attached hydrogen (secondary N) is 3. The van der Waals surface area contributed by atoms with Gasteiger partial charge in [0.05, 0.1) is 35.5 Å². The molecule has 4 aromatic heterocycles. The van der Waals surface area contributed by atoms with Gasteiger partial charge in [-0.15, -0.1) is 0 Å². The maximum Gasteiger partial charge on any atom is 0.290 e. The Labute approximate surface area is 234 Å². The molecule has 0 bridgehead atoms. The summed E-state index contributed by atoms with van der Waals surface area (Å²) in [5, 5.41) is 25.6. The number of hydrogen-bond acceptors (Lipinski definition) is 9. The van der Waals surface area contributed by atoms with E-state index in [0.29, 0.717) is 49.8 Å². The minimum Gasteiger partial charge on any atom is -0.483 e. The van der Waals surface area contributed by atoms with Crippen LogP contribution in [0.5, 0.6) is 0 Å². The van der Waals surface area contributed by atoms with Gasteiger partial charge < -0.3 is 10.4 Å². The van der Waals surface area contributed by atoms with E-state index < -0.39 is 10.0 Å². The van der Waals surface area contributed by atoms with Gasteiger partial charge in [-0.2, -0.15) is 14.5 Å². The molecule has 1 saturated heterocycles. The lowest BCUT2D eigenvalue weighted by molar-refractivity contribution is -0.122. The molecule has 1 fully saturated rings. The van der Waals surface area contributed by atoms with Crippen LogP contribution in [0.3, 0.4) is 0 Å². The highest BCUT2D eigenvalue weighted by molar-refractivity contribution is 7.88. The Bertz CT molecular complexity index is 1810. The highest BCUT2D eigenvalue weighted by Gasteiger charge is 2.23. The van der Waals surface area contributed by atoms with Crippen LogP contribution in [-0.2, 0) is 21.4 Å². The zero-order valence-corrected chi connectivity index (χ0v) is 22.8. The Hall–Kier alpha value is -4.73. The van der Waals surface area contributed by atoms with Gasteiger partial charge in [-0.1, -0.05) is 6.07 Å². The molecule has 1 aliphatic rings. The van der Waals surface area contributed by atoms with Crippen molar-refractivity contribution in [3.63, 3.8) is 0 Å². The summed E-state index contributed by atoms with van der Waals surface area (Å²) >= 11 is 0. The number of aromatic nitrogens is 6. The fourth-order valence-corrected chi connectivity index (χ4v) is 5.47. The minimum absolute atomic E-state index is 0.250. The summed E-state index contributed by atoms with van der Waals surface area (Å²) in [4.78, 5) is 32.7. The predicted molar refractivity (Wildman–Crippen MR) is 152 cm³/mol. The molecule has 1 aliphatic heterocycles. The van der Waals surface area contributed by atoms with Crippen molar-refractivity contribution >= 4 is 50.0 Å². The molecule has 1 amide bonds. The van der Waals surface area contributed by atoms with Gasteiger partial charge in [0.15, 0.2) is 5.65 Å². The van der Waals surface area contributed by atoms with E-state index in [1.54, 1.807) is 30.7 Å². The van der Waals surface area contributed by atoms with E-state index in [-0.39, 0.29) is 12.4 Å². The first-order valence-electron chi connectivity index (χ1n) is 12.5. The van der Waals surface area contributed by atoms with E-state index >= 15 is 0 Å². The third-order valence-electron chi connectivity index (χ3n) is 6.66. The number of H-pyrrole nitrogens is 2. The maximum absolute atomic E-state index is 13.2. The Morgan fingerprint density at radius 1 is 1.05 bits per heavy atom. The number of hydrogen-bond donors (Lipinski definition) is 4. The molecule has 0 spiro atoms. The summed E-state index contributed by atoms with van der Waals surface area (Å²) in [6.07, 6.45) is 6.37. The molecule has 14 nitrogen and oxygen atoms in total. The van der Waals surface area contributed by atoms with Crippen LogP contribution in [0.25, 0.3) is 33.1 Å². The Morgan fingerprint density at radius 3 is 2.56 bits per heavy atom. The van der Waals surface area contributed by atoms with Gasteiger partial charge in [-0.3, -0.25) is 24.7 Å². The minimum atomic E-state index is -3.19. The summed E-state index contributed by atoms with van der Waals surface area (Å²) in [5.41, 5.74) is 4.86. The van der Waals surface area contributed by atoms with E-state index in [0.717, 1.165) is 33.1 Å². The molecular weight excluding hydrogens is 550 g/mol. The van der Waals surface area contributed by atoms with Crippen LogP contribution in [0.4, 0.5) is 5.69 Å². The largest absolute Gasteiger partial charge is 0.483 e. The van der Waals surface area contributed by atoms with Crippen molar-refractivity contribution in [1.29, 1.82) is 0 Å². The summed E-state index contributed by atoms with van der Waals surface area (Å²) in [5.74, 6) is -0.336. The van der Waals surface area contributed by atoms with Crippen molar-refractivity contribution in [3.05, 3.63) is 66.4 Å². The predicted octanol–water partition coefficient (Wildman–Crippen LogP) is 1.93.